The van der Waals surface area contributed by atoms with Crippen LogP contribution in [0.1, 0.15) is 62.1 Å². The van der Waals surface area contributed by atoms with Crippen molar-refractivity contribution >= 4 is 33.4 Å². The minimum absolute atomic E-state index is 0.490. The van der Waals surface area contributed by atoms with E-state index in [0.29, 0.717) is 11.3 Å². The number of aromatic nitrogens is 2. The highest BCUT2D eigenvalue weighted by Gasteiger charge is 2.33. The van der Waals surface area contributed by atoms with Crippen LogP contribution in [-0.4, -0.2) is 4.98 Å². The Morgan fingerprint density at radius 1 is 1.00 bits per heavy atom. The fourth-order valence-electron chi connectivity index (χ4n) is 5.97. The van der Waals surface area contributed by atoms with Crippen LogP contribution < -0.4 is 4.57 Å². The third-order valence-electron chi connectivity index (χ3n) is 8.00. The second-order valence-electron chi connectivity index (χ2n) is 10.7. The molecule has 0 atom stereocenters. The molecule has 162 valence electrons. The van der Waals surface area contributed by atoms with E-state index in [4.69, 9.17) is 4.98 Å². The van der Waals surface area contributed by atoms with E-state index >= 15 is 0 Å². The minimum Gasteiger partial charge on any atom is -0.232 e. The Morgan fingerprint density at radius 3 is 2.41 bits per heavy atom. The van der Waals surface area contributed by atoms with Crippen molar-refractivity contribution in [3.8, 4) is 11.3 Å². The van der Waals surface area contributed by atoms with Gasteiger partial charge in [-0.25, -0.2) is 4.57 Å². The molecule has 0 amide bonds. The fraction of sp³-hybridized carbons (Fsp3) is 0.379. The topological polar surface area (TPSA) is 16.8 Å². The number of rotatable bonds is 1. The van der Waals surface area contributed by atoms with Crippen molar-refractivity contribution in [1.82, 2.24) is 4.98 Å². The van der Waals surface area contributed by atoms with Crippen molar-refractivity contribution in [2.45, 2.75) is 69.1 Å². The Kier molecular flexibility index (Phi) is 4.46. The molecule has 1 aliphatic heterocycles. The molecule has 2 aliphatic rings. The zero-order chi connectivity index (χ0) is 22.2. The lowest BCUT2D eigenvalue weighted by Gasteiger charge is -2.34. The van der Waals surface area contributed by atoms with E-state index < -0.39 is 0 Å². The summed E-state index contributed by atoms with van der Waals surface area (Å²) in [6.45, 7) is 9.42. The van der Waals surface area contributed by atoms with E-state index in [9.17, 15) is 0 Å². The van der Waals surface area contributed by atoms with Crippen molar-refractivity contribution in [1.29, 1.82) is 0 Å². The first-order chi connectivity index (χ1) is 15.3. The van der Waals surface area contributed by atoms with Crippen LogP contribution in [0.4, 0.5) is 0 Å². The van der Waals surface area contributed by atoms with Crippen LogP contribution in [0.3, 0.4) is 0 Å². The maximum absolute atomic E-state index is 4.91. The molecule has 0 radical (unpaired) electrons. The molecule has 1 aliphatic carbocycles. The van der Waals surface area contributed by atoms with E-state index in [-0.39, 0.29) is 0 Å². The highest BCUT2D eigenvalue weighted by molar-refractivity contribution is 7.99. The molecule has 32 heavy (non-hydrogen) atoms. The van der Waals surface area contributed by atoms with Crippen LogP contribution in [0, 0.1) is 19.3 Å². The Bertz CT molecular complexity index is 1410. The summed E-state index contributed by atoms with van der Waals surface area (Å²) in [5.74, 6) is 0.657. The summed E-state index contributed by atoms with van der Waals surface area (Å²) in [5.41, 5.74) is 8.61. The lowest BCUT2D eigenvalue weighted by atomic mass is 9.71. The molecule has 0 unspecified atom stereocenters. The van der Waals surface area contributed by atoms with Gasteiger partial charge in [0.1, 0.15) is 5.69 Å². The third kappa shape index (κ3) is 2.94. The standard InChI is InChI=1S/C29H31N2S/c1-17-21-8-6-7-9-22(21)18(2)28-25(17)27-26-23(30-16-31(27)5)14-20(15-24(26)32-28)19-10-12-29(3,4)13-11-19/h6-9,14-16,19H,10-13H2,1-5H3/q+1. The molecular weight excluding hydrogens is 408 g/mol. The summed E-state index contributed by atoms with van der Waals surface area (Å²) in [7, 11) is 2.15. The first-order valence-corrected chi connectivity index (χ1v) is 12.7. The summed E-state index contributed by atoms with van der Waals surface area (Å²) in [4.78, 5) is 7.70. The van der Waals surface area contributed by atoms with Crippen LogP contribution >= 0.6 is 11.8 Å². The Hall–Kier alpha value is -2.39. The molecule has 0 saturated heterocycles. The second-order valence-corrected chi connectivity index (χ2v) is 11.7. The lowest BCUT2D eigenvalue weighted by Crippen LogP contribution is -2.33. The molecule has 4 aromatic rings. The van der Waals surface area contributed by atoms with Crippen molar-refractivity contribution in [2.75, 3.05) is 0 Å². The van der Waals surface area contributed by atoms with E-state index in [1.807, 2.05) is 18.1 Å². The number of fused-ring (bicyclic) bond motifs is 3. The van der Waals surface area contributed by atoms with E-state index in [1.54, 1.807) is 0 Å². The molecule has 3 heteroatoms. The van der Waals surface area contributed by atoms with Gasteiger partial charge in [-0.3, -0.25) is 0 Å². The van der Waals surface area contributed by atoms with Gasteiger partial charge >= 0.3 is 0 Å². The van der Waals surface area contributed by atoms with Gasteiger partial charge in [0.25, 0.3) is 6.33 Å². The number of hydrogen-bond donors (Lipinski definition) is 0. The average Bonchev–Trinajstić information content (AvgIpc) is 2.79. The predicted octanol–water partition coefficient (Wildman–Crippen LogP) is 7.64. The molecule has 1 fully saturated rings. The quantitative estimate of drug-likeness (QED) is 0.250. The van der Waals surface area contributed by atoms with E-state index in [0.717, 1.165) is 5.52 Å². The van der Waals surface area contributed by atoms with Crippen LogP contribution in [0.2, 0.25) is 0 Å². The van der Waals surface area contributed by atoms with Gasteiger partial charge in [0, 0.05) is 15.4 Å². The molecular formula is C29H31N2S+. The molecule has 2 heterocycles. The molecule has 0 N–H and O–H groups in total. The normalized spacial score (nSPS) is 17.7. The Morgan fingerprint density at radius 2 is 1.69 bits per heavy atom. The SMILES string of the molecule is Cc1c2c(c(C)c3ccccc13)-c1c3c(cc(C4CCC(C)(C)CC4)cc3nc[n+]1C)S2. The monoisotopic (exact) mass is 439 g/mol. The van der Waals surface area contributed by atoms with Crippen molar-refractivity contribution in [3.05, 3.63) is 59.4 Å². The van der Waals surface area contributed by atoms with Gasteiger partial charge < -0.3 is 0 Å². The Balaban J connectivity index is 1.60. The first-order valence-electron chi connectivity index (χ1n) is 11.9. The van der Waals surface area contributed by atoms with Crippen molar-refractivity contribution in [3.63, 3.8) is 0 Å². The van der Waals surface area contributed by atoms with Crippen LogP contribution in [0.25, 0.3) is 32.9 Å². The zero-order valence-corrected chi connectivity index (χ0v) is 20.6. The largest absolute Gasteiger partial charge is 0.287 e. The van der Waals surface area contributed by atoms with Crippen LogP contribution in [0.5, 0.6) is 0 Å². The van der Waals surface area contributed by atoms with Crippen molar-refractivity contribution < 1.29 is 4.57 Å². The van der Waals surface area contributed by atoms with Gasteiger partial charge in [0.2, 0.25) is 0 Å². The summed E-state index contributed by atoms with van der Waals surface area (Å²) >= 11 is 1.96. The minimum atomic E-state index is 0.490. The van der Waals surface area contributed by atoms with Gasteiger partial charge in [0.05, 0.1) is 12.4 Å². The molecule has 0 spiro atoms. The van der Waals surface area contributed by atoms with Gasteiger partial charge in [0.15, 0.2) is 5.52 Å². The lowest BCUT2D eigenvalue weighted by molar-refractivity contribution is -0.662. The molecule has 6 rings (SSSR count). The van der Waals surface area contributed by atoms with Crippen molar-refractivity contribution in [2.24, 2.45) is 12.5 Å². The maximum Gasteiger partial charge on any atom is 0.287 e. The molecule has 2 nitrogen and oxygen atoms in total. The summed E-state index contributed by atoms with van der Waals surface area (Å²) in [5, 5.41) is 4.06. The smallest absolute Gasteiger partial charge is 0.232 e. The average molecular weight is 440 g/mol. The summed E-state index contributed by atoms with van der Waals surface area (Å²) < 4.78 is 2.23. The second kappa shape index (κ2) is 7.05. The summed E-state index contributed by atoms with van der Waals surface area (Å²) in [6, 6.07) is 13.7. The van der Waals surface area contributed by atoms with Crippen LogP contribution in [-0.2, 0) is 7.05 Å². The number of aryl methyl sites for hydroxylation is 3. The molecule has 3 aromatic carbocycles. The molecule has 1 aromatic heterocycles. The molecule has 0 bridgehead atoms. The highest BCUT2D eigenvalue weighted by Crippen LogP contribution is 2.52. The van der Waals surface area contributed by atoms with E-state index in [1.165, 1.54) is 79.6 Å². The number of nitrogens with zero attached hydrogens (tertiary/aromatic N) is 2. The maximum atomic E-state index is 4.91. The molecule has 1 saturated carbocycles. The van der Waals surface area contributed by atoms with Gasteiger partial charge in [-0.05, 0) is 95.4 Å². The van der Waals surface area contributed by atoms with Gasteiger partial charge in [-0.2, -0.15) is 0 Å². The predicted molar refractivity (Wildman–Crippen MR) is 134 cm³/mol. The van der Waals surface area contributed by atoms with E-state index in [2.05, 4.69) is 75.7 Å². The number of hydrogen-bond acceptors (Lipinski definition) is 2. The third-order valence-corrected chi connectivity index (χ3v) is 9.26. The Labute approximate surface area is 195 Å². The number of benzene rings is 3. The zero-order valence-electron chi connectivity index (χ0n) is 19.7. The van der Waals surface area contributed by atoms with Gasteiger partial charge in [-0.15, -0.1) is 0 Å². The highest BCUT2D eigenvalue weighted by atomic mass is 32.2. The summed E-state index contributed by atoms with van der Waals surface area (Å²) in [6.07, 6.45) is 7.21. The van der Waals surface area contributed by atoms with Gasteiger partial charge in [-0.1, -0.05) is 49.9 Å². The first kappa shape index (κ1) is 20.2. The fourth-order valence-corrected chi connectivity index (χ4v) is 7.30. The van der Waals surface area contributed by atoms with Crippen LogP contribution in [0.15, 0.2) is 52.5 Å².